The van der Waals surface area contributed by atoms with Gasteiger partial charge in [0.1, 0.15) is 18.6 Å². The van der Waals surface area contributed by atoms with Crippen molar-refractivity contribution in [3.63, 3.8) is 0 Å². The maximum absolute atomic E-state index is 13.9. The highest BCUT2D eigenvalue weighted by Crippen LogP contribution is 2.40. The molecule has 0 bridgehead atoms. The summed E-state index contributed by atoms with van der Waals surface area (Å²) in [4.78, 5) is 46.3. The molecule has 4 saturated heterocycles. The largest absolute Gasteiger partial charge is 0.406 e. The summed E-state index contributed by atoms with van der Waals surface area (Å²) in [6.45, 7) is 3.53. The van der Waals surface area contributed by atoms with Crippen LogP contribution in [0.2, 0.25) is 0 Å². The number of anilines is 1. The van der Waals surface area contributed by atoms with Crippen molar-refractivity contribution in [3.05, 3.63) is 30.3 Å². The quantitative estimate of drug-likeness (QED) is 0.476. The van der Waals surface area contributed by atoms with Gasteiger partial charge in [-0.25, -0.2) is 5.43 Å². The number of rotatable bonds is 6. The van der Waals surface area contributed by atoms with Gasteiger partial charge in [-0.2, -0.15) is 13.2 Å². The number of nitrogens with zero attached hydrogens (tertiary/aromatic N) is 4. The van der Waals surface area contributed by atoms with Gasteiger partial charge in [-0.1, -0.05) is 18.2 Å². The first-order valence-corrected chi connectivity index (χ1v) is 14.0. The lowest BCUT2D eigenvalue weighted by molar-refractivity contribution is -0.165. The molecule has 5 rings (SSSR count). The van der Waals surface area contributed by atoms with E-state index < -0.39 is 36.8 Å². The van der Waals surface area contributed by atoms with E-state index in [-0.39, 0.29) is 30.6 Å². The zero-order valence-corrected chi connectivity index (χ0v) is 22.9. The van der Waals surface area contributed by atoms with E-state index in [4.69, 9.17) is 0 Å². The van der Waals surface area contributed by atoms with Crippen LogP contribution in [0.15, 0.2) is 30.3 Å². The number of likely N-dealkylation sites (tertiary alicyclic amines) is 1. The summed E-state index contributed by atoms with van der Waals surface area (Å²) in [5.74, 6) is -0.741. The van der Waals surface area contributed by atoms with Crippen molar-refractivity contribution in [2.75, 3.05) is 50.8 Å². The average Bonchev–Trinajstić information content (AvgIpc) is 3.50. The molecule has 10 nitrogen and oxygen atoms in total. The molecule has 1 aromatic rings. The Morgan fingerprint density at radius 3 is 2.48 bits per heavy atom. The molecule has 220 valence electrons. The van der Waals surface area contributed by atoms with Crippen LogP contribution in [0, 0.1) is 11.8 Å². The first-order chi connectivity index (χ1) is 19.0. The number of fused-ring (bicyclic) bond motifs is 1. The van der Waals surface area contributed by atoms with Crippen LogP contribution in [0.3, 0.4) is 0 Å². The predicted molar refractivity (Wildman–Crippen MR) is 141 cm³/mol. The van der Waals surface area contributed by atoms with Gasteiger partial charge in [-0.05, 0) is 45.2 Å². The molecule has 3 N–H and O–H groups in total. The molecule has 13 heteroatoms. The highest BCUT2D eigenvalue weighted by atomic mass is 19.4. The van der Waals surface area contributed by atoms with Gasteiger partial charge in [-0.3, -0.25) is 25.1 Å². The molecular weight excluding hydrogens is 527 g/mol. The number of alkyl halides is 3. The number of nitrogens with one attached hydrogen (secondary N) is 3. The molecule has 4 aliphatic rings. The van der Waals surface area contributed by atoms with Gasteiger partial charge < -0.3 is 19.6 Å². The molecule has 0 aliphatic carbocycles. The minimum absolute atomic E-state index is 0.0798. The highest BCUT2D eigenvalue weighted by molar-refractivity contribution is 5.96. The average molecular weight is 566 g/mol. The smallest absolute Gasteiger partial charge is 0.342 e. The molecule has 4 aliphatic heterocycles. The molecule has 3 amide bonds. The van der Waals surface area contributed by atoms with E-state index >= 15 is 0 Å². The third kappa shape index (κ3) is 5.64. The zero-order chi connectivity index (χ0) is 28.7. The lowest BCUT2D eigenvalue weighted by atomic mass is 9.83. The van der Waals surface area contributed by atoms with Crippen molar-refractivity contribution in [2.45, 2.75) is 57.0 Å². The Morgan fingerprint density at radius 2 is 1.82 bits per heavy atom. The summed E-state index contributed by atoms with van der Waals surface area (Å²) in [7, 11) is 0. The second-order valence-electron chi connectivity index (χ2n) is 11.6. The maximum atomic E-state index is 13.9. The van der Waals surface area contributed by atoms with Gasteiger partial charge in [0, 0.05) is 43.8 Å². The fraction of sp³-hybridized carbons (Fsp3) is 0.667. The molecule has 3 unspecified atom stereocenters. The molecule has 4 heterocycles. The monoisotopic (exact) mass is 565 g/mol. The molecule has 0 radical (unpaired) electrons. The summed E-state index contributed by atoms with van der Waals surface area (Å²) < 4.78 is 39.5. The molecule has 0 saturated carbocycles. The second kappa shape index (κ2) is 11.2. The Kier molecular flexibility index (Phi) is 7.99. The SMILES string of the molecule is CC(C)N(CC(F)(F)F)C(=O)CN1CN(c2ccccc2)C2(CCN(C(=O)C3CNC4NNCC4C3)CC2)C1=O. The maximum Gasteiger partial charge on any atom is 0.406 e. The van der Waals surface area contributed by atoms with Crippen LogP contribution in [-0.2, 0) is 14.4 Å². The molecule has 0 aromatic heterocycles. The van der Waals surface area contributed by atoms with E-state index in [2.05, 4.69) is 16.2 Å². The number of halogens is 3. The first kappa shape index (κ1) is 28.6. The summed E-state index contributed by atoms with van der Waals surface area (Å²) in [5.41, 5.74) is 6.14. The minimum Gasteiger partial charge on any atom is -0.342 e. The minimum atomic E-state index is -4.54. The summed E-state index contributed by atoms with van der Waals surface area (Å²) in [6, 6.07) is 8.69. The molecule has 1 spiro atoms. The highest BCUT2D eigenvalue weighted by Gasteiger charge is 2.55. The topological polar surface area (TPSA) is 100 Å². The van der Waals surface area contributed by atoms with E-state index in [1.54, 1.807) is 0 Å². The van der Waals surface area contributed by atoms with E-state index in [9.17, 15) is 27.6 Å². The van der Waals surface area contributed by atoms with Crippen molar-refractivity contribution in [1.29, 1.82) is 0 Å². The van der Waals surface area contributed by atoms with Crippen molar-refractivity contribution in [1.82, 2.24) is 30.9 Å². The number of para-hydroxylation sites is 1. The van der Waals surface area contributed by atoms with Crippen LogP contribution in [-0.4, -0.2) is 102 Å². The number of benzene rings is 1. The van der Waals surface area contributed by atoms with E-state index in [1.807, 2.05) is 40.1 Å². The molecule has 4 fully saturated rings. The van der Waals surface area contributed by atoms with Crippen LogP contribution in [0.25, 0.3) is 0 Å². The number of hydrogen-bond acceptors (Lipinski definition) is 7. The lowest BCUT2D eigenvalue weighted by Gasteiger charge is -2.44. The number of hydrogen-bond donors (Lipinski definition) is 3. The van der Waals surface area contributed by atoms with Crippen LogP contribution in [0.1, 0.15) is 33.1 Å². The standard InChI is InChI=1S/C27H38F3N7O3/c1-18(2)36(16-27(28,29)30)22(38)15-35-17-37(21-6-4-3-5-7-21)26(25(35)40)8-10-34(11-9-26)24(39)20-12-19-14-32-33-23(19)31-13-20/h3-7,18-20,23,31-33H,8-17H2,1-2H3. The normalized spacial score (nSPS) is 26.5. The third-order valence-corrected chi connectivity index (χ3v) is 8.72. The van der Waals surface area contributed by atoms with E-state index in [0.29, 0.717) is 38.4 Å². The Bertz CT molecular complexity index is 1090. The van der Waals surface area contributed by atoms with Crippen LogP contribution < -0.4 is 21.1 Å². The van der Waals surface area contributed by atoms with Gasteiger partial charge in [0.25, 0.3) is 5.91 Å². The van der Waals surface area contributed by atoms with Gasteiger partial charge in [0.15, 0.2) is 0 Å². The van der Waals surface area contributed by atoms with E-state index in [1.165, 1.54) is 18.7 Å². The summed E-state index contributed by atoms with van der Waals surface area (Å²) in [5, 5.41) is 3.39. The Balaban J connectivity index is 1.30. The molecule has 40 heavy (non-hydrogen) atoms. The van der Waals surface area contributed by atoms with Crippen LogP contribution >= 0.6 is 0 Å². The molecular formula is C27H38F3N7O3. The van der Waals surface area contributed by atoms with Gasteiger partial charge in [-0.15, -0.1) is 0 Å². The van der Waals surface area contributed by atoms with Crippen molar-refractivity contribution in [2.24, 2.45) is 11.8 Å². The third-order valence-electron chi connectivity index (χ3n) is 8.72. The number of amides is 3. The predicted octanol–water partition coefficient (Wildman–Crippen LogP) is 1.11. The number of carbonyl (C=O) groups is 3. The summed E-state index contributed by atoms with van der Waals surface area (Å²) in [6.07, 6.45) is -2.83. The van der Waals surface area contributed by atoms with Crippen LogP contribution in [0.4, 0.5) is 18.9 Å². The fourth-order valence-corrected chi connectivity index (χ4v) is 6.56. The zero-order valence-electron chi connectivity index (χ0n) is 22.9. The number of piperidine rings is 2. The van der Waals surface area contributed by atoms with Crippen molar-refractivity contribution >= 4 is 23.4 Å². The van der Waals surface area contributed by atoms with Gasteiger partial charge in [0.05, 0.1) is 18.8 Å². The Morgan fingerprint density at radius 1 is 1.12 bits per heavy atom. The van der Waals surface area contributed by atoms with E-state index in [0.717, 1.165) is 23.6 Å². The summed E-state index contributed by atoms with van der Waals surface area (Å²) >= 11 is 0. The molecule has 3 atom stereocenters. The van der Waals surface area contributed by atoms with Crippen molar-refractivity contribution < 1.29 is 27.6 Å². The van der Waals surface area contributed by atoms with Crippen molar-refractivity contribution in [3.8, 4) is 0 Å². The second-order valence-corrected chi connectivity index (χ2v) is 11.6. The molecule has 1 aromatic carbocycles. The van der Waals surface area contributed by atoms with Gasteiger partial charge >= 0.3 is 6.18 Å². The number of carbonyl (C=O) groups excluding carboxylic acids is 3. The Hall–Kier alpha value is -2.90. The first-order valence-electron chi connectivity index (χ1n) is 14.0. The van der Waals surface area contributed by atoms with Crippen LogP contribution in [0.5, 0.6) is 0 Å². The van der Waals surface area contributed by atoms with Gasteiger partial charge in [0.2, 0.25) is 11.8 Å². The lowest BCUT2D eigenvalue weighted by Crippen LogP contribution is -2.59. The fourth-order valence-electron chi connectivity index (χ4n) is 6.56. The number of hydrazine groups is 1. The Labute approximate surface area is 232 Å².